The number of ether oxygens (including phenoxy) is 1. The SMILES string of the molecule is CCOC(=O)n1nc(NC(=O)c2ccc(C(C)(C)C)cc2)c2c1CNC2. The van der Waals surface area contributed by atoms with E-state index in [1.807, 2.05) is 12.1 Å². The molecule has 1 aliphatic heterocycles. The van der Waals surface area contributed by atoms with Crippen molar-refractivity contribution < 1.29 is 14.3 Å². The zero-order valence-corrected chi connectivity index (χ0v) is 15.5. The van der Waals surface area contributed by atoms with Crippen molar-refractivity contribution >= 4 is 17.8 Å². The number of benzene rings is 1. The van der Waals surface area contributed by atoms with Crippen molar-refractivity contribution in [2.24, 2.45) is 0 Å². The molecule has 0 saturated carbocycles. The predicted molar refractivity (Wildman–Crippen MR) is 98.3 cm³/mol. The fraction of sp³-hybridized carbons (Fsp3) is 0.421. The van der Waals surface area contributed by atoms with Gasteiger partial charge >= 0.3 is 6.09 Å². The van der Waals surface area contributed by atoms with Gasteiger partial charge in [0.1, 0.15) is 0 Å². The van der Waals surface area contributed by atoms with Gasteiger partial charge in [-0.25, -0.2) is 4.79 Å². The van der Waals surface area contributed by atoms with Gasteiger partial charge in [0.25, 0.3) is 5.91 Å². The average Bonchev–Trinajstić information content (AvgIpc) is 3.18. The van der Waals surface area contributed by atoms with Crippen molar-refractivity contribution in [2.75, 3.05) is 11.9 Å². The molecule has 0 fully saturated rings. The van der Waals surface area contributed by atoms with E-state index in [9.17, 15) is 9.59 Å². The van der Waals surface area contributed by atoms with Gasteiger partial charge in [-0.3, -0.25) is 4.79 Å². The number of nitrogens with one attached hydrogen (secondary N) is 2. The first kappa shape index (κ1) is 18.1. The summed E-state index contributed by atoms with van der Waals surface area (Å²) in [6.45, 7) is 9.44. The molecule has 26 heavy (non-hydrogen) atoms. The predicted octanol–water partition coefficient (Wildman–Crippen LogP) is 3.04. The van der Waals surface area contributed by atoms with E-state index in [1.54, 1.807) is 19.1 Å². The molecule has 0 radical (unpaired) electrons. The Bertz CT molecular complexity index is 832. The largest absolute Gasteiger partial charge is 0.448 e. The van der Waals surface area contributed by atoms with Crippen LogP contribution in [0.1, 0.15) is 54.9 Å². The molecular weight excluding hydrogens is 332 g/mol. The molecule has 2 heterocycles. The summed E-state index contributed by atoms with van der Waals surface area (Å²) in [5, 5.41) is 10.2. The van der Waals surface area contributed by atoms with Gasteiger partial charge < -0.3 is 15.4 Å². The van der Waals surface area contributed by atoms with Gasteiger partial charge in [0.15, 0.2) is 5.82 Å². The van der Waals surface area contributed by atoms with Crippen LogP contribution < -0.4 is 10.6 Å². The fourth-order valence-electron chi connectivity index (χ4n) is 2.90. The summed E-state index contributed by atoms with van der Waals surface area (Å²) in [5.41, 5.74) is 3.27. The highest BCUT2D eigenvalue weighted by molar-refractivity contribution is 6.04. The molecule has 1 aromatic carbocycles. The molecule has 0 aliphatic carbocycles. The molecule has 0 saturated heterocycles. The smallest absolute Gasteiger partial charge is 0.435 e. The summed E-state index contributed by atoms with van der Waals surface area (Å²) in [6, 6.07) is 7.52. The maximum atomic E-state index is 12.6. The number of carbonyl (C=O) groups is 2. The van der Waals surface area contributed by atoms with Gasteiger partial charge in [-0.15, -0.1) is 5.10 Å². The van der Waals surface area contributed by atoms with Crippen molar-refractivity contribution in [3.63, 3.8) is 0 Å². The molecule has 138 valence electrons. The second-order valence-electron chi connectivity index (χ2n) is 7.27. The van der Waals surface area contributed by atoms with E-state index in [-0.39, 0.29) is 17.9 Å². The van der Waals surface area contributed by atoms with Crippen LogP contribution in [0.25, 0.3) is 0 Å². The number of hydrogen-bond acceptors (Lipinski definition) is 5. The molecule has 2 N–H and O–H groups in total. The monoisotopic (exact) mass is 356 g/mol. The van der Waals surface area contributed by atoms with Crippen molar-refractivity contribution in [3.05, 3.63) is 46.6 Å². The molecule has 1 aromatic heterocycles. The zero-order valence-electron chi connectivity index (χ0n) is 15.5. The minimum absolute atomic E-state index is 0.0277. The highest BCUT2D eigenvalue weighted by Crippen LogP contribution is 2.25. The summed E-state index contributed by atoms with van der Waals surface area (Å²) in [6.07, 6.45) is -0.539. The van der Waals surface area contributed by atoms with Gasteiger partial charge in [0, 0.05) is 24.2 Å². The first-order valence-corrected chi connectivity index (χ1v) is 8.71. The quantitative estimate of drug-likeness (QED) is 0.883. The maximum Gasteiger partial charge on any atom is 0.435 e. The molecule has 0 atom stereocenters. The Kier molecular flexibility index (Phi) is 4.82. The van der Waals surface area contributed by atoms with E-state index in [1.165, 1.54) is 4.68 Å². The van der Waals surface area contributed by atoms with Gasteiger partial charge in [0.2, 0.25) is 0 Å². The van der Waals surface area contributed by atoms with E-state index in [2.05, 4.69) is 36.5 Å². The van der Waals surface area contributed by atoms with Crippen LogP contribution >= 0.6 is 0 Å². The van der Waals surface area contributed by atoms with E-state index in [0.717, 1.165) is 16.8 Å². The Morgan fingerprint density at radius 3 is 2.54 bits per heavy atom. The van der Waals surface area contributed by atoms with Crippen LogP contribution in [0.4, 0.5) is 10.6 Å². The highest BCUT2D eigenvalue weighted by atomic mass is 16.6. The lowest BCUT2D eigenvalue weighted by Gasteiger charge is -2.19. The van der Waals surface area contributed by atoms with E-state index in [4.69, 9.17) is 4.74 Å². The highest BCUT2D eigenvalue weighted by Gasteiger charge is 2.27. The van der Waals surface area contributed by atoms with Crippen LogP contribution in [0.5, 0.6) is 0 Å². The fourth-order valence-corrected chi connectivity index (χ4v) is 2.90. The minimum atomic E-state index is -0.539. The van der Waals surface area contributed by atoms with Crippen LogP contribution in [0.15, 0.2) is 24.3 Å². The number of carbonyl (C=O) groups excluding carboxylic acids is 2. The third-order valence-corrected chi connectivity index (χ3v) is 4.37. The van der Waals surface area contributed by atoms with E-state index in [0.29, 0.717) is 24.5 Å². The Balaban J connectivity index is 1.82. The van der Waals surface area contributed by atoms with Crippen molar-refractivity contribution in [2.45, 2.75) is 46.2 Å². The number of amides is 1. The molecule has 3 rings (SSSR count). The summed E-state index contributed by atoms with van der Waals surface area (Å²) in [5.74, 6) is 0.136. The van der Waals surface area contributed by atoms with Gasteiger partial charge in [0.05, 0.1) is 12.3 Å². The summed E-state index contributed by atoms with van der Waals surface area (Å²) in [7, 11) is 0. The number of fused-ring (bicyclic) bond motifs is 1. The zero-order chi connectivity index (χ0) is 18.9. The Morgan fingerprint density at radius 2 is 1.92 bits per heavy atom. The first-order valence-electron chi connectivity index (χ1n) is 8.71. The molecule has 0 spiro atoms. The van der Waals surface area contributed by atoms with Crippen molar-refractivity contribution in [1.82, 2.24) is 15.1 Å². The van der Waals surface area contributed by atoms with Crippen LogP contribution in [0, 0.1) is 0 Å². The Hall–Kier alpha value is -2.67. The normalized spacial score (nSPS) is 13.4. The van der Waals surface area contributed by atoms with Gasteiger partial charge in [-0.1, -0.05) is 32.9 Å². The molecule has 1 aliphatic rings. The third kappa shape index (κ3) is 3.48. The third-order valence-electron chi connectivity index (χ3n) is 4.37. The standard InChI is InChI=1S/C19H24N4O3/c1-5-26-18(25)23-15-11-20-10-14(15)16(22-23)21-17(24)12-6-8-13(9-7-12)19(2,3)4/h6-9,20H,5,10-11H2,1-4H3,(H,21,22,24). The molecule has 7 nitrogen and oxygen atoms in total. The molecule has 2 aromatic rings. The lowest BCUT2D eigenvalue weighted by atomic mass is 9.87. The molecular formula is C19H24N4O3. The number of aromatic nitrogens is 2. The van der Waals surface area contributed by atoms with E-state index < -0.39 is 6.09 Å². The average molecular weight is 356 g/mol. The number of rotatable bonds is 3. The first-order chi connectivity index (χ1) is 12.3. The molecule has 7 heteroatoms. The molecule has 0 bridgehead atoms. The number of nitrogens with zero attached hydrogens (tertiary/aromatic N) is 2. The molecule has 1 amide bonds. The summed E-state index contributed by atoms with van der Waals surface area (Å²) >= 11 is 0. The topological polar surface area (TPSA) is 85.2 Å². The van der Waals surface area contributed by atoms with Crippen LogP contribution in [0.3, 0.4) is 0 Å². The van der Waals surface area contributed by atoms with Gasteiger partial charge in [-0.2, -0.15) is 4.68 Å². The van der Waals surface area contributed by atoms with Gasteiger partial charge in [-0.05, 0) is 30.0 Å². The summed E-state index contributed by atoms with van der Waals surface area (Å²) in [4.78, 5) is 24.6. The van der Waals surface area contributed by atoms with Crippen LogP contribution in [-0.2, 0) is 23.2 Å². The minimum Gasteiger partial charge on any atom is -0.448 e. The summed E-state index contributed by atoms with van der Waals surface area (Å²) < 4.78 is 6.24. The number of anilines is 1. The van der Waals surface area contributed by atoms with E-state index >= 15 is 0 Å². The van der Waals surface area contributed by atoms with Crippen LogP contribution in [-0.4, -0.2) is 28.4 Å². The Morgan fingerprint density at radius 1 is 1.23 bits per heavy atom. The van der Waals surface area contributed by atoms with Crippen molar-refractivity contribution in [3.8, 4) is 0 Å². The lowest BCUT2D eigenvalue weighted by molar-refractivity contribution is 0.102. The van der Waals surface area contributed by atoms with Crippen molar-refractivity contribution in [1.29, 1.82) is 0 Å². The maximum absolute atomic E-state index is 12.6. The second kappa shape index (κ2) is 6.92. The Labute approximate surface area is 152 Å². The number of hydrogen-bond donors (Lipinski definition) is 2. The lowest BCUT2D eigenvalue weighted by Crippen LogP contribution is -2.20. The second-order valence-corrected chi connectivity index (χ2v) is 7.27. The molecule has 0 unspecified atom stereocenters. The van der Waals surface area contributed by atoms with Crippen LogP contribution in [0.2, 0.25) is 0 Å².